The Bertz CT molecular complexity index is 856. The Morgan fingerprint density at radius 2 is 1.73 bits per heavy atom. The number of hydrogen-bond donors (Lipinski definition) is 0. The molecule has 0 saturated carbocycles. The van der Waals surface area contributed by atoms with E-state index < -0.39 is 0 Å². The number of aryl methyl sites for hydroxylation is 1. The van der Waals surface area contributed by atoms with Gasteiger partial charge in [0.15, 0.2) is 0 Å². The van der Waals surface area contributed by atoms with Crippen LogP contribution in [-0.2, 0) is 22.6 Å². The van der Waals surface area contributed by atoms with Crippen LogP contribution in [0.5, 0.6) is 5.75 Å². The fourth-order valence-corrected chi connectivity index (χ4v) is 5.31. The number of thiophene rings is 1. The van der Waals surface area contributed by atoms with E-state index in [1.165, 1.54) is 24.0 Å². The summed E-state index contributed by atoms with van der Waals surface area (Å²) in [6.07, 6.45) is 6.35. The van der Waals surface area contributed by atoms with Crippen LogP contribution < -0.4 is 4.74 Å². The van der Waals surface area contributed by atoms with Gasteiger partial charge in [-0.1, -0.05) is 26.0 Å². The number of methoxy groups -OCH3 is 1. The van der Waals surface area contributed by atoms with Crippen molar-refractivity contribution in [1.29, 1.82) is 0 Å². The highest BCUT2D eigenvalue weighted by atomic mass is 32.1. The van der Waals surface area contributed by atoms with E-state index in [-0.39, 0.29) is 11.3 Å². The number of piperidine rings is 1. The molecule has 180 valence electrons. The summed E-state index contributed by atoms with van der Waals surface area (Å²) in [5, 5.41) is 4.41. The Morgan fingerprint density at radius 1 is 1.06 bits per heavy atom. The lowest BCUT2D eigenvalue weighted by Crippen LogP contribution is -2.44. The van der Waals surface area contributed by atoms with Gasteiger partial charge in [0.1, 0.15) is 12.0 Å². The van der Waals surface area contributed by atoms with Crippen molar-refractivity contribution in [3.05, 3.63) is 52.2 Å². The van der Waals surface area contributed by atoms with Crippen LogP contribution in [0.1, 0.15) is 50.7 Å². The predicted octanol–water partition coefficient (Wildman–Crippen LogP) is 5.05. The van der Waals surface area contributed by atoms with Crippen molar-refractivity contribution in [1.82, 2.24) is 9.80 Å². The van der Waals surface area contributed by atoms with Gasteiger partial charge < -0.3 is 19.3 Å². The van der Waals surface area contributed by atoms with Crippen molar-refractivity contribution in [3.63, 3.8) is 0 Å². The molecule has 0 radical (unpaired) electrons. The lowest BCUT2D eigenvalue weighted by atomic mass is 9.77. The lowest BCUT2D eigenvalue weighted by Gasteiger charge is -2.38. The Morgan fingerprint density at radius 3 is 2.30 bits per heavy atom. The monoisotopic (exact) mass is 470 g/mol. The Labute approximate surface area is 202 Å². The number of rotatable bonds is 8. The highest BCUT2D eigenvalue weighted by molar-refractivity contribution is 7.07. The molecule has 1 amide bonds. The van der Waals surface area contributed by atoms with Gasteiger partial charge in [0, 0.05) is 19.0 Å². The molecule has 0 bridgehead atoms. The minimum Gasteiger partial charge on any atom is -0.497 e. The number of benzene rings is 1. The summed E-state index contributed by atoms with van der Waals surface area (Å²) in [5.74, 6) is 1.44. The van der Waals surface area contributed by atoms with Crippen molar-refractivity contribution < 1.29 is 14.3 Å². The van der Waals surface area contributed by atoms with Crippen molar-refractivity contribution >= 4 is 23.5 Å². The van der Waals surface area contributed by atoms with Gasteiger partial charge in [0.05, 0.1) is 12.5 Å². The molecule has 0 unspecified atom stereocenters. The molecule has 6 heteroatoms. The molecule has 3 heterocycles. The molecule has 0 atom stereocenters. The van der Waals surface area contributed by atoms with E-state index in [0.717, 1.165) is 64.0 Å². The van der Waals surface area contributed by atoms with Crippen LogP contribution in [0.2, 0.25) is 0 Å². The third-order valence-electron chi connectivity index (χ3n) is 6.74. The van der Waals surface area contributed by atoms with E-state index in [4.69, 9.17) is 4.74 Å². The van der Waals surface area contributed by atoms with Gasteiger partial charge in [-0.15, -0.1) is 0 Å². The first-order chi connectivity index (χ1) is 16.0. The largest absolute Gasteiger partial charge is 0.497 e. The number of likely N-dealkylation sites (tertiary alicyclic amines) is 2. The van der Waals surface area contributed by atoms with Crippen molar-refractivity contribution in [2.24, 2.45) is 11.3 Å². The summed E-state index contributed by atoms with van der Waals surface area (Å²) >= 11 is 1.78. The van der Waals surface area contributed by atoms with E-state index in [0.29, 0.717) is 5.91 Å². The molecule has 2 aromatic rings. The molecule has 33 heavy (non-hydrogen) atoms. The fourth-order valence-electron chi connectivity index (χ4n) is 4.61. The molecule has 1 aromatic carbocycles. The smallest absolute Gasteiger partial charge is 0.229 e. The third-order valence-corrected chi connectivity index (χ3v) is 7.47. The maximum atomic E-state index is 13.2. The number of nitrogens with zero attached hydrogens (tertiary/aromatic N) is 2. The average molecular weight is 471 g/mol. The highest BCUT2D eigenvalue weighted by Gasteiger charge is 2.47. The third kappa shape index (κ3) is 7.15. The highest BCUT2D eigenvalue weighted by Crippen LogP contribution is 2.42. The van der Waals surface area contributed by atoms with Gasteiger partial charge in [0.25, 0.3) is 0 Å². The number of carbonyl (C=O) groups excluding carboxylic acids is 2. The van der Waals surface area contributed by atoms with E-state index >= 15 is 0 Å². The molecule has 2 aliphatic rings. The second-order valence-corrected chi connectivity index (χ2v) is 10.3. The standard InChI is InChI=1S/C23H30N2O2S.C4H8O/c1-27-21-6-4-19(5-7-21)17-25-15-11-23(22(25)26)9-13-24(14-10-23)12-2-3-20-8-16-28-18-20;1-4(2)3-5/h4-8,16,18H,2-3,9-15,17H2,1H3;3-4H,1-2H3. The summed E-state index contributed by atoms with van der Waals surface area (Å²) in [5.41, 5.74) is 2.53. The van der Waals surface area contributed by atoms with Crippen molar-refractivity contribution in [2.75, 3.05) is 33.3 Å². The first-order valence-electron chi connectivity index (χ1n) is 12.1. The quantitative estimate of drug-likeness (QED) is 0.507. The second-order valence-electron chi connectivity index (χ2n) is 9.56. The van der Waals surface area contributed by atoms with Crippen molar-refractivity contribution in [3.8, 4) is 5.75 Å². The van der Waals surface area contributed by atoms with Crippen LogP contribution in [0.3, 0.4) is 0 Å². The fraction of sp³-hybridized carbons (Fsp3) is 0.556. The second kappa shape index (κ2) is 12.3. The SMILES string of the molecule is CC(C)C=O.COc1ccc(CN2CCC3(CCN(CCCc4ccsc4)CC3)C2=O)cc1. The van der Waals surface area contributed by atoms with Crippen LogP contribution in [0.15, 0.2) is 41.1 Å². The van der Waals surface area contributed by atoms with Gasteiger partial charge in [-0.05, 0) is 91.8 Å². The van der Waals surface area contributed by atoms with Gasteiger partial charge >= 0.3 is 0 Å². The molecule has 2 saturated heterocycles. The number of carbonyl (C=O) groups is 2. The zero-order chi connectivity index (χ0) is 23.7. The molecular formula is C27H38N2O3S. The minimum absolute atomic E-state index is 0.101. The first kappa shape index (κ1) is 25.4. The summed E-state index contributed by atoms with van der Waals surface area (Å²) in [6.45, 7) is 8.59. The van der Waals surface area contributed by atoms with Crippen molar-refractivity contribution in [2.45, 2.75) is 52.5 Å². The summed E-state index contributed by atoms with van der Waals surface area (Å²) < 4.78 is 5.22. The van der Waals surface area contributed by atoms with Crippen LogP contribution in [-0.4, -0.2) is 55.3 Å². The first-order valence-corrected chi connectivity index (χ1v) is 13.0. The van der Waals surface area contributed by atoms with Gasteiger partial charge in [-0.25, -0.2) is 0 Å². The number of amides is 1. The minimum atomic E-state index is -0.101. The molecular weight excluding hydrogens is 432 g/mol. The average Bonchev–Trinajstić information content (AvgIpc) is 3.46. The zero-order valence-corrected chi connectivity index (χ0v) is 21.1. The Balaban J connectivity index is 0.000000555. The van der Waals surface area contributed by atoms with E-state index in [2.05, 4.69) is 38.8 Å². The van der Waals surface area contributed by atoms with E-state index in [1.54, 1.807) is 18.4 Å². The molecule has 2 fully saturated rings. The normalized spacial score (nSPS) is 17.8. The molecule has 2 aliphatic heterocycles. The summed E-state index contributed by atoms with van der Waals surface area (Å²) in [7, 11) is 1.68. The molecule has 0 N–H and O–H groups in total. The number of hydrogen-bond acceptors (Lipinski definition) is 5. The number of ether oxygens (including phenoxy) is 1. The molecule has 4 rings (SSSR count). The number of aldehydes is 1. The maximum absolute atomic E-state index is 13.2. The maximum Gasteiger partial charge on any atom is 0.229 e. The molecule has 1 aromatic heterocycles. The summed E-state index contributed by atoms with van der Waals surface area (Å²) in [4.78, 5) is 27.3. The molecule has 0 aliphatic carbocycles. The topological polar surface area (TPSA) is 49.9 Å². The molecule has 5 nitrogen and oxygen atoms in total. The predicted molar refractivity (Wildman–Crippen MR) is 135 cm³/mol. The van der Waals surface area contributed by atoms with Crippen LogP contribution in [0, 0.1) is 11.3 Å². The lowest BCUT2D eigenvalue weighted by molar-refractivity contribution is -0.138. The van der Waals surface area contributed by atoms with E-state index in [9.17, 15) is 9.59 Å². The van der Waals surface area contributed by atoms with Crippen LogP contribution >= 0.6 is 11.3 Å². The van der Waals surface area contributed by atoms with E-state index in [1.807, 2.05) is 26.0 Å². The Kier molecular flexibility index (Phi) is 9.51. The van der Waals surface area contributed by atoms with Crippen LogP contribution in [0.25, 0.3) is 0 Å². The van der Waals surface area contributed by atoms with Gasteiger partial charge in [0.2, 0.25) is 5.91 Å². The van der Waals surface area contributed by atoms with Gasteiger partial charge in [-0.3, -0.25) is 4.79 Å². The zero-order valence-electron chi connectivity index (χ0n) is 20.3. The molecule has 1 spiro atoms. The van der Waals surface area contributed by atoms with Gasteiger partial charge in [-0.2, -0.15) is 11.3 Å². The summed E-state index contributed by atoms with van der Waals surface area (Å²) in [6, 6.07) is 10.3. The Hall–Kier alpha value is -2.18. The van der Waals surface area contributed by atoms with Crippen LogP contribution in [0.4, 0.5) is 0 Å².